The predicted octanol–water partition coefficient (Wildman–Crippen LogP) is 1.25. The Morgan fingerprint density at radius 2 is 1.96 bits per heavy atom. The van der Waals surface area contributed by atoms with Crippen LogP contribution in [0.25, 0.3) is 0 Å². The molecule has 1 aliphatic rings. The van der Waals surface area contributed by atoms with Crippen molar-refractivity contribution >= 4 is 17.8 Å². The topological polar surface area (TPSA) is 85.8 Å². The first kappa shape index (κ1) is 21.3. The van der Waals surface area contributed by atoms with Crippen molar-refractivity contribution in [1.82, 2.24) is 20.9 Å². The summed E-state index contributed by atoms with van der Waals surface area (Å²) in [5.74, 6) is 0.811. The number of nitrogens with zero attached hydrogens (tertiary/aromatic N) is 2. The standard InChI is InChI=1S/C18H35N5O2/c1-5-19-17(21-14-15(24)22-18(2,3)4)20-11-9-13-23-12-8-6-7-10-16(23)25/h5-14H2,1-4H3,(H,22,24)(H2,19,20,21). The fourth-order valence-electron chi connectivity index (χ4n) is 2.70. The molecule has 0 saturated carbocycles. The zero-order valence-electron chi connectivity index (χ0n) is 16.3. The van der Waals surface area contributed by atoms with Gasteiger partial charge in [-0.2, -0.15) is 0 Å². The van der Waals surface area contributed by atoms with Gasteiger partial charge in [-0.15, -0.1) is 0 Å². The van der Waals surface area contributed by atoms with Gasteiger partial charge in [-0.3, -0.25) is 9.59 Å². The number of hydrogen-bond donors (Lipinski definition) is 3. The monoisotopic (exact) mass is 353 g/mol. The second-order valence-electron chi connectivity index (χ2n) is 7.47. The summed E-state index contributed by atoms with van der Waals surface area (Å²) in [6, 6.07) is 0. The van der Waals surface area contributed by atoms with Gasteiger partial charge in [0.1, 0.15) is 6.54 Å². The largest absolute Gasteiger partial charge is 0.357 e. The molecule has 7 nitrogen and oxygen atoms in total. The van der Waals surface area contributed by atoms with Gasteiger partial charge in [0.15, 0.2) is 5.96 Å². The highest BCUT2D eigenvalue weighted by Gasteiger charge is 2.16. The predicted molar refractivity (Wildman–Crippen MR) is 102 cm³/mol. The molecule has 0 atom stereocenters. The lowest BCUT2D eigenvalue weighted by Gasteiger charge is -2.21. The zero-order chi connectivity index (χ0) is 18.7. The fraction of sp³-hybridized carbons (Fsp3) is 0.833. The van der Waals surface area contributed by atoms with Crippen LogP contribution in [-0.2, 0) is 9.59 Å². The third-order valence-electron chi connectivity index (χ3n) is 3.81. The number of aliphatic imine (C=N–C) groups is 1. The van der Waals surface area contributed by atoms with E-state index in [9.17, 15) is 9.59 Å². The van der Waals surface area contributed by atoms with Crippen LogP contribution in [0.2, 0.25) is 0 Å². The summed E-state index contributed by atoms with van der Waals surface area (Å²) >= 11 is 0. The number of carbonyl (C=O) groups excluding carboxylic acids is 2. The molecule has 0 aromatic heterocycles. The van der Waals surface area contributed by atoms with Gasteiger partial charge in [-0.05, 0) is 47.0 Å². The molecule has 0 unspecified atom stereocenters. The first-order valence-electron chi connectivity index (χ1n) is 9.43. The van der Waals surface area contributed by atoms with Crippen LogP contribution >= 0.6 is 0 Å². The first-order chi connectivity index (χ1) is 11.8. The molecule has 1 rings (SSSR count). The Hall–Kier alpha value is -1.79. The molecule has 3 N–H and O–H groups in total. The van der Waals surface area contributed by atoms with E-state index in [1.165, 1.54) is 0 Å². The van der Waals surface area contributed by atoms with E-state index in [0.717, 1.165) is 51.9 Å². The van der Waals surface area contributed by atoms with Crippen molar-refractivity contribution in [3.63, 3.8) is 0 Å². The Bertz CT molecular complexity index is 457. The molecule has 0 spiro atoms. The van der Waals surface area contributed by atoms with E-state index >= 15 is 0 Å². The summed E-state index contributed by atoms with van der Waals surface area (Å²) < 4.78 is 0. The summed E-state index contributed by atoms with van der Waals surface area (Å²) in [5.41, 5.74) is -0.252. The summed E-state index contributed by atoms with van der Waals surface area (Å²) in [5, 5.41) is 9.26. The highest BCUT2D eigenvalue weighted by atomic mass is 16.2. The first-order valence-corrected chi connectivity index (χ1v) is 9.43. The van der Waals surface area contributed by atoms with Crippen molar-refractivity contribution in [3.8, 4) is 0 Å². The molecule has 144 valence electrons. The molecule has 0 bridgehead atoms. The Morgan fingerprint density at radius 3 is 2.64 bits per heavy atom. The van der Waals surface area contributed by atoms with Gasteiger partial charge in [0.25, 0.3) is 0 Å². The maximum atomic E-state index is 12.0. The molecular weight excluding hydrogens is 318 g/mol. The maximum Gasteiger partial charge on any atom is 0.242 e. The summed E-state index contributed by atoms with van der Waals surface area (Å²) in [7, 11) is 0. The third-order valence-corrected chi connectivity index (χ3v) is 3.81. The van der Waals surface area contributed by atoms with Crippen LogP contribution in [0.4, 0.5) is 0 Å². The minimum Gasteiger partial charge on any atom is -0.357 e. The van der Waals surface area contributed by atoms with E-state index in [0.29, 0.717) is 12.4 Å². The fourth-order valence-corrected chi connectivity index (χ4v) is 2.70. The minimum absolute atomic E-state index is 0.0945. The van der Waals surface area contributed by atoms with Gasteiger partial charge >= 0.3 is 0 Å². The van der Waals surface area contributed by atoms with Crippen LogP contribution in [0.3, 0.4) is 0 Å². The van der Waals surface area contributed by atoms with E-state index in [4.69, 9.17) is 0 Å². The number of hydrogen-bond acceptors (Lipinski definition) is 3. The van der Waals surface area contributed by atoms with Crippen LogP contribution < -0.4 is 16.0 Å². The van der Waals surface area contributed by atoms with Gasteiger partial charge in [-0.1, -0.05) is 6.42 Å². The van der Waals surface area contributed by atoms with Crippen LogP contribution in [-0.4, -0.2) is 60.9 Å². The van der Waals surface area contributed by atoms with Crippen molar-refractivity contribution in [2.75, 3.05) is 32.7 Å². The SMILES string of the molecule is CCNC(=NCC(=O)NC(C)(C)C)NCCCN1CCCCCC1=O. The van der Waals surface area contributed by atoms with Crippen molar-refractivity contribution in [1.29, 1.82) is 0 Å². The highest BCUT2D eigenvalue weighted by Crippen LogP contribution is 2.11. The average molecular weight is 354 g/mol. The Labute approximate surface area is 152 Å². The number of rotatable bonds is 7. The molecule has 0 aromatic carbocycles. The third kappa shape index (κ3) is 9.94. The van der Waals surface area contributed by atoms with Crippen LogP contribution in [0.1, 0.15) is 59.8 Å². The quantitative estimate of drug-likeness (QED) is 0.365. The molecule has 1 saturated heterocycles. The highest BCUT2D eigenvalue weighted by molar-refractivity contribution is 5.85. The van der Waals surface area contributed by atoms with Crippen LogP contribution in [0.15, 0.2) is 4.99 Å². The number of amides is 2. The summed E-state index contributed by atoms with van der Waals surface area (Å²) in [4.78, 5) is 30.1. The second-order valence-corrected chi connectivity index (χ2v) is 7.47. The zero-order valence-corrected chi connectivity index (χ0v) is 16.3. The van der Waals surface area contributed by atoms with E-state index < -0.39 is 0 Å². The molecule has 1 fully saturated rings. The number of likely N-dealkylation sites (tertiary alicyclic amines) is 1. The van der Waals surface area contributed by atoms with E-state index in [-0.39, 0.29) is 23.9 Å². The maximum absolute atomic E-state index is 12.0. The molecule has 0 aromatic rings. The van der Waals surface area contributed by atoms with Gasteiger partial charge in [0, 0.05) is 38.1 Å². The van der Waals surface area contributed by atoms with Crippen molar-refractivity contribution in [3.05, 3.63) is 0 Å². The van der Waals surface area contributed by atoms with Crippen LogP contribution in [0.5, 0.6) is 0 Å². The van der Waals surface area contributed by atoms with Gasteiger partial charge in [0.05, 0.1) is 0 Å². The van der Waals surface area contributed by atoms with Crippen molar-refractivity contribution in [2.45, 2.75) is 65.3 Å². The molecule has 1 aliphatic heterocycles. The lowest BCUT2D eigenvalue weighted by Crippen LogP contribution is -2.43. The summed E-state index contributed by atoms with van der Waals surface area (Å²) in [6.07, 6.45) is 4.81. The second kappa shape index (κ2) is 10.9. The van der Waals surface area contributed by atoms with Gasteiger partial charge in [-0.25, -0.2) is 4.99 Å². The van der Waals surface area contributed by atoms with Crippen molar-refractivity contribution < 1.29 is 9.59 Å². The smallest absolute Gasteiger partial charge is 0.242 e. The lowest BCUT2D eigenvalue weighted by molar-refractivity contribution is -0.130. The molecule has 25 heavy (non-hydrogen) atoms. The molecule has 2 amide bonds. The number of guanidine groups is 1. The molecule has 0 aliphatic carbocycles. The minimum atomic E-state index is -0.252. The Balaban J connectivity index is 2.35. The number of nitrogens with one attached hydrogen (secondary N) is 3. The van der Waals surface area contributed by atoms with E-state index in [1.54, 1.807) is 0 Å². The molecule has 7 heteroatoms. The van der Waals surface area contributed by atoms with Crippen molar-refractivity contribution in [2.24, 2.45) is 4.99 Å². The summed E-state index contributed by atoms with van der Waals surface area (Å²) in [6.45, 7) is 11.0. The lowest BCUT2D eigenvalue weighted by atomic mass is 10.1. The van der Waals surface area contributed by atoms with Gasteiger partial charge < -0.3 is 20.9 Å². The van der Waals surface area contributed by atoms with Crippen LogP contribution in [0, 0.1) is 0 Å². The van der Waals surface area contributed by atoms with E-state index in [1.807, 2.05) is 32.6 Å². The molecular formula is C18H35N5O2. The number of carbonyl (C=O) groups is 2. The Kier molecular flexibility index (Phi) is 9.31. The molecule has 0 radical (unpaired) electrons. The molecule has 1 heterocycles. The van der Waals surface area contributed by atoms with Gasteiger partial charge in [0.2, 0.25) is 11.8 Å². The van der Waals surface area contributed by atoms with E-state index in [2.05, 4.69) is 20.9 Å². The Morgan fingerprint density at radius 1 is 1.20 bits per heavy atom. The average Bonchev–Trinajstić information content (AvgIpc) is 2.72. The normalized spacial score (nSPS) is 16.4.